The molecule has 8 nitrogen and oxygen atoms in total. The summed E-state index contributed by atoms with van der Waals surface area (Å²) in [5, 5.41) is 0. The van der Waals surface area contributed by atoms with Crippen molar-refractivity contribution in [2.24, 2.45) is 5.92 Å². The van der Waals surface area contributed by atoms with E-state index in [-0.39, 0.29) is 56.6 Å². The normalized spacial score (nSPS) is 21.9. The molecule has 2 aliphatic heterocycles. The van der Waals surface area contributed by atoms with Crippen molar-refractivity contribution in [1.82, 2.24) is 13.5 Å². The van der Waals surface area contributed by atoms with Gasteiger partial charge in [0, 0.05) is 53.2 Å². The highest BCUT2D eigenvalue weighted by molar-refractivity contribution is 7.86. The van der Waals surface area contributed by atoms with Crippen LogP contribution in [0.4, 0.5) is 10.1 Å². The Bertz CT molecular complexity index is 837. The van der Waals surface area contributed by atoms with Crippen molar-refractivity contribution in [3.05, 3.63) is 30.1 Å². The molecule has 0 radical (unpaired) electrons. The summed E-state index contributed by atoms with van der Waals surface area (Å²) in [5.74, 6) is -1.52. The maximum Gasteiger partial charge on any atom is 0.281 e. The van der Waals surface area contributed by atoms with Gasteiger partial charge in [0.15, 0.2) is 0 Å². The number of nitrogens with zero attached hydrogens (tertiary/aromatic N) is 4. The van der Waals surface area contributed by atoms with Gasteiger partial charge in [-0.1, -0.05) is 12.1 Å². The van der Waals surface area contributed by atoms with Gasteiger partial charge in [0.25, 0.3) is 10.2 Å². The van der Waals surface area contributed by atoms with Crippen molar-refractivity contribution in [3.63, 3.8) is 0 Å². The van der Waals surface area contributed by atoms with Gasteiger partial charge < -0.3 is 9.80 Å². The van der Waals surface area contributed by atoms with Crippen molar-refractivity contribution in [3.8, 4) is 0 Å². The zero-order chi connectivity index (χ0) is 19.8. The van der Waals surface area contributed by atoms with Crippen LogP contribution in [-0.2, 0) is 19.8 Å². The van der Waals surface area contributed by atoms with E-state index in [4.69, 9.17) is 0 Å². The number of hydrogen-bond donors (Lipinski definition) is 0. The number of halogens is 1. The number of piperazine rings is 1. The fraction of sp³-hybridized carbons (Fsp3) is 0.529. The SMILES string of the molecule is CN(C)S(=O)(=O)N1CCN(C(=O)[C@H]2CC(=O)N(c3ccccc3F)C2)CC1. The molecule has 2 heterocycles. The van der Waals surface area contributed by atoms with Gasteiger partial charge in [0.1, 0.15) is 5.82 Å². The number of rotatable bonds is 4. The molecule has 2 saturated heterocycles. The lowest BCUT2D eigenvalue weighted by Gasteiger charge is -2.36. The molecule has 0 bridgehead atoms. The highest BCUT2D eigenvalue weighted by atomic mass is 32.2. The Morgan fingerprint density at radius 3 is 2.37 bits per heavy atom. The number of amides is 2. The summed E-state index contributed by atoms with van der Waals surface area (Å²) in [7, 11) is -0.569. The van der Waals surface area contributed by atoms with Crippen molar-refractivity contribution in [2.75, 3.05) is 51.7 Å². The van der Waals surface area contributed by atoms with E-state index in [1.54, 1.807) is 17.0 Å². The van der Waals surface area contributed by atoms with Gasteiger partial charge in [-0.3, -0.25) is 9.59 Å². The van der Waals surface area contributed by atoms with Crippen LogP contribution in [0, 0.1) is 11.7 Å². The van der Waals surface area contributed by atoms with Crippen LogP contribution in [0.5, 0.6) is 0 Å². The summed E-state index contributed by atoms with van der Waals surface area (Å²) >= 11 is 0. The lowest BCUT2D eigenvalue weighted by atomic mass is 10.1. The Labute approximate surface area is 158 Å². The van der Waals surface area contributed by atoms with Gasteiger partial charge in [0.05, 0.1) is 11.6 Å². The van der Waals surface area contributed by atoms with Gasteiger partial charge in [0.2, 0.25) is 11.8 Å². The minimum Gasteiger partial charge on any atom is -0.340 e. The van der Waals surface area contributed by atoms with E-state index in [1.807, 2.05) is 0 Å². The molecule has 0 unspecified atom stereocenters. The summed E-state index contributed by atoms with van der Waals surface area (Å²) in [6.07, 6.45) is 0.0311. The summed E-state index contributed by atoms with van der Waals surface area (Å²) in [4.78, 5) is 27.9. The molecule has 3 rings (SSSR count). The van der Waals surface area contributed by atoms with Crippen molar-refractivity contribution in [1.29, 1.82) is 0 Å². The number of para-hydroxylation sites is 1. The average molecular weight is 398 g/mol. The van der Waals surface area contributed by atoms with Crippen molar-refractivity contribution in [2.45, 2.75) is 6.42 Å². The molecule has 0 spiro atoms. The third kappa shape index (κ3) is 3.83. The summed E-state index contributed by atoms with van der Waals surface area (Å²) < 4.78 is 40.8. The predicted molar refractivity (Wildman–Crippen MR) is 97.6 cm³/mol. The zero-order valence-electron chi connectivity index (χ0n) is 15.3. The van der Waals surface area contributed by atoms with Crippen LogP contribution in [0.25, 0.3) is 0 Å². The van der Waals surface area contributed by atoms with Crippen LogP contribution < -0.4 is 4.90 Å². The molecule has 2 fully saturated rings. The second-order valence-corrected chi connectivity index (χ2v) is 9.01. The molecular formula is C17H23FN4O4S. The van der Waals surface area contributed by atoms with Crippen LogP contribution in [0.3, 0.4) is 0 Å². The third-order valence-corrected chi connectivity index (χ3v) is 6.90. The highest BCUT2D eigenvalue weighted by Crippen LogP contribution is 2.28. The van der Waals surface area contributed by atoms with Crippen LogP contribution in [0.1, 0.15) is 6.42 Å². The Hall–Kier alpha value is -2.04. The highest BCUT2D eigenvalue weighted by Gasteiger charge is 2.39. The maximum absolute atomic E-state index is 14.0. The number of carbonyl (C=O) groups is 2. The lowest BCUT2D eigenvalue weighted by Crippen LogP contribution is -2.54. The summed E-state index contributed by atoms with van der Waals surface area (Å²) in [6, 6.07) is 5.99. The van der Waals surface area contributed by atoms with E-state index >= 15 is 0 Å². The molecule has 0 aromatic heterocycles. The second-order valence-electron chi connectivity index (χ2n) is 6.87. The van der Waals surface area contributed by atoms with E-state index in [9.17, 15) is 22.4 Å². The van der Waals surface area contributed by atoms with Gasteiger partial charge >= 0.3 is 0 Å². The van der Waals surface area contributed by atoms with E-state index in [0.717, 1.165) is 4.31 Å². The smallest absolute Gasteiger partial charge is 0.281 e. The molecule has 1 aromatic rings. The second kappa shape index (κ2) is 7.53. The molecular weight excluding hydrogens is 375 g/mol. The quantitative estimate of drug-likeness (QED) is 0.722. The summed E-state index contributed by atoms with van der Waals surface area (Å²) in [6.45, 7) is 1.11. The number of benzene rings is 1. The zero-order valence-corrected chi connectivity index (χ0v) is 16.2. The van der Waals surface area contributed by atoms with Crippen LogP contribution in [0.15, 0.2) is 24.3 Å². The molecule has 1 aromatic carbocycles. The van der Waals surface area contributed by atoms with Crippen LogP contribution in [-0.4, -0.2) is 80.6 Å². The maximum atomic E-state index is 14.0. The fourth-order valence-electron chi connectivity index (χ4n) is 3.40. The van der Waals surface area contributed by atoms with Gasteiger partial charge in [-0.25, -0.2) is 4.39 Å². The van der Waals surface area contributed by atoms with Crippen LogP contribution >= 0.6 is 0 Å². The number of anilines is 1. The Morgan fingerprint density at radius 2 is 1.78 bits per heavy atom. The molecule has 27 heavy (non-hydrogen) atoms. The molecule has 0 N–H and O–H groups in total. The molecule has 1 atom stereocenters. The van der Waals surface area contributed by atoms with Crippen molar-refractivity contribution >= 4 is 27.7 Å². The van der Waals surface area contributed by atoms with Gasteiger partial charge in [-0.2, -0.15) is 17.0 Å². The van der Waals surface area contributed by atoms with E-state index in [2.05, 4.69) is 0 Å². The molecule has 0 aliphatic carbocycles. The predicted octanol–water partition coefficient (Wildman–Crippen LogP) is 0.129. The lowest BCUT2D eigenvalue weighted by molar-refractivity contribution is -0.137. The largest absolute Gasteiger partial charge is 0.340 e. The molecule has 2 aliphatic rings. The first-order valence-electron chi connectivity index (χ1n) is 8.73. The van der Waals surface area contributed by atoms with Crippen molar-refractivity contribution < 1.29 is 22.4 Å². The topological polar surface area (TPSA) is 81.2 Å². The third-order valence-electron chi connectivity index (χ3n) is 4.96. The average Bonchev–Trinajstić information content (AvgIpc) is 3.03. The van der Waals surface area contributed by atoms with Gasteiger partial charge in [-0.05, 0) is 12.1 Å². The molecule has 10 heteroatoms. The van der Waals surface area contributed by atoms with Crippen LogP contribution in [0.2, 0.25) is 0 Å². The molecule has 2 amide bonds. The van der Waals surface area contributed by atoms with E-state index in [1.165, 1.54) is 35.4 Å². The van der Waals surface area contributed by atoms with E-state index < -0.39 is 21.9 Å². The Balaban J connectivity index is 1.63. The number of hydrogen-bond acceptors (Lipinski definition) is 4. The minimum absolute atomic E-state index is 0.0311. The monoisotopic (exact) mass is 398 g/mol. The first-order chi connectivity index (χ1) is 12.7. The fourth-order valence-corrected chi connectivity index (χ4v) is 4.49. The standard InChI is InChI=1S/C17H23FN4O4S/c1-19(2)27(25,26)21-9-7-20(8-10-21)17(24)13-11-16(23)22(12-13)15-6-4-3-5-14(15)18/h3-6,13H,7-12H2,1-2H3/t13-/m0/s1. The Morgan fingerprint density at radius 1 is 1.15 bits per heavy atom. The first-order valence-corrected chi connectivity index (χ1v) is 10.1. The first kappa shape index (κ1) is 19.7. The summed E-state index contributed by atoms with van der Waals surface area (Å²) in [5.41, 5.74) is 0.180. The number of carbonyl (C=O) groups excluding carboxylic acids is 2. The Kier molecular flexibility index (Phi) is 5.50. The minimum atomic E-state index is -3.50. The van der Waals surface area contributed by atoms with E-state index in [0.29, 0.717) is 0 Å². The van der Waals surface area contributed by atoms with Gasteiger partial charge in [-0.15, -0.1) is 0 Å². The molecule has 0 saturated carbocycles. The molecule has 148 valence electrons.